The minimum Gasteiger partial charge on any atom is -0.478 e. The lowest BCUT2D eigenvalue weighted by Crippen LogP contribution is -2.30. The number of halogens is 1. The summed E-state index contributed by atoms with van der Waals surface area (Å²) < 4.78 is 0. The van der Waals surface area contributed by atoms with Crippen LogP contribution < -0.4 is 10.6 Å². The van der Waals surface area contributed by atoms with Gasteiger partial charge < -0.3 is 15.7 Å². The second kappa shape index (κ2) is 8.38. The minimum absolute atomic E-state index is 0.0231. The summed E-state index contributed by atoms with van der Waals surface area (Å²) in [4.78, 5) is 34.0. The van der Waals surface area contributed by atoms with Gasteiger partial charge >= 0.3 is 5.97 Å². The Morgan fingerprint density at radius 2 is 1.82 bits per heavy atom. The van der Waals surface area contributed by atoms with Crippen molar-refractivity contribution in [2.24, 2.45) is 0 Å². The van der Waals surface area contributed by atoms with Gasteiger partial charge in [-0.05, 0) is 38.5 Å². The summed E-state index contributed by atoms with van der Waals surface area (Å²) in [6.45, 7) is 3.74. The zero-order chi connectivity index (χ0) is 16.7. The van der Waals surface area contributed by atoms with Gasteiger partial charge in [0.25, 0.3) is 0 Å². The topological polar surface area (TPSA) is 95.5 Å². The maximum absolute atomic E-state index is 11.7. The molecule has 0 unspecified atom stereocenters. The molecule has 2 amide bonds. The Morgan fingerprint density at radius 1 is 1.18 bits per heavy atom. The molecule has 6 nitrogen and oxygen atoms in total. The number of aromatic carboxylic acids is 1. The molecule has 0 spiro atoms. The van der Waals surface area contributed by atoms with E-state index in [1.54, 1.807) is 0 Å². The lowest BCUT2D eigenvalue weighted by molar-refractivity contribution is -0.121. The quantitative estimate of drug-likeness (QED) is 0.717. The standard InChI is InChI=1S/C15H19ClN2O4/c1-9(2)17-13(19)4-3-5-14(20)18-10-6-7-11(15(21)22)12(16)8-10/h6-9H,3-5H2,1-2H3,(H,17,19)(H,18,20)(H,21,22). The third kappa shape index (κ3) is 6.13. The highest BCUT2D eigenvalue weighted by Gasteiger charge is 2.11. The second-order valence-corrected chi connectivity index (χ2v) is 5.53. The molecule has 0 aliphatic rings. The van der Waals surface area contributed by atoms with Crippen LogP contribution in [0.25, 0.3) is 0 Å². The van der Waals surface area contributed by atoms with Gasteiger partial charge in [-0.25, -0.2) is 4.79 Å². The fourth-order valence-electron chi connectivity index (χ4n) is 1.79. The van der Waals surface area contributed by atoms with E-state index in [1.807, 2.05) is 13.8 Å². The Kier molecular flexibility index (Phi) is 6.85. The molecule has 0 saturated carbocycles. The normalized spacial score (nSPS) is 10.4. The van der Waals surface area contributed by atoms with Crippen molar-refractivity contribution in [3.05, 3.63) is 28.8 Å². The van der Waals surface area contributed by atoms with Crippen molar-refractivity contribution in [1.29, 1.82) is 0 Å². The van der Waals surface area contributed by atoms with Gasteiger partial charge in [-0.1, -0.05) is 11.6 Å². The van der Waals surface area contributed by atoms with E-state index in [0.717, 1.165) is 0 Å². The minimum atomic E-state index is -1.13. The third-order valence-electron chi connectivity index (χ3n) is 2.74. The first-order chi connectivity index (χ1) is 10.3. The Balaban J connectivity index is 2.44. The predicted molar refractivity (Wildman–Crippen MR) is 84.2 cm³/mol. The Bertz CT molecular complexity index is 573. The number of carboxylic acids is 1. The molecule has 0 fully saturated rings. The number of carboxylic acid groups (broad SMARTS) is 1. The van der Waals surface area contributed by atoms with Gasteiger partial charge in [-0.2, -0.15) is 0 Å². The van der Waals surface area contributed by atoms with Gasteiger partial charge in [-0.15, -0.1) is 0 Å². The molecular formula is C15H19ClN2O4. The first kappa shape index (κ1) is 18.0. The van der Waals surface area contributed by atoms with Crippen molar-refractivity contribution in [3.8, 4) is 0 Å². The lowest BCUT2D eigenvalue weighted by Gasteiger charge is -2.09. The van der Waals surface area contributed by atoms with E-state index >= 15 is 0 Å². The zero-order valence-electron chi connectivity index (χ0n) is 12.5. The number of anilines is 1. The summed E-state index contributed by atoms with van der Waals surface area (Å²) in [6, 6.07) is 4.26. The van der Waals surface area contributed by atoms with Crippen LogP contribution in [0.1, 0.15) is 43.5 Å². The molecule has 0 bridgehead atoms. The van der Waals surface area contributed by atoms with Crippen LogP contribution in [-0.2, 0) is 9.59 Å². The van der Waals surface area contributed by atoms with Crippen LogP contribution in [0.3, 0.4) is 0 Å². The molecule has 0 aliphatic heterocycles. The van der Waals surface area contributed by atoms with Crippen LogP contribution in [0, 0.1) is 0 Å². The molecule has 7 heteroatoms. The number of hydrogen-bond acceptors (Lipinski definition) is 3. The van der Waals surface area contributed by atoms with Crippen molar-refractivity contribution in [3.63, 3.8) is 0 Å². The van der Waals surface area contributed by atoms with Crippen molar-refractivity contribution in [2.75, 3.05) is 5.32 Å². The van der Waals surface area contributed by atoms with Gasteiger partial charge in [0, 0.05) is 24.6 Å². The summed E-state index contributed by atoms with van der Waals surface area (Å²) in [5.74, 6) is -1.47. The largest absolute Gasteiger partial charge is 0.478 e. The zero-order valence-corrected chi connectivity index (χ0v) is 13.2. The third-order valence-corrected chi connectivity index (χ3v) is 3.05. The molecule has 1 aromatic rings. The first-order valence-electron chi connectivity index (χ1n) is 6.91. The van der Waals surface area contributed by atoms with Crippen LogP contribution in [0.4, 0.5) is 5.69 Å². The van der Waals surface area contributed by atoms with Crippen molar-refractivity contribution >= 4 is 35.1 Å². The van der Waals surface area contributed by atoms with Gasteiger partial charge in [0.2, 0.25) is 11.8 Å². The SMILES string of the molecule is CC(C)NC(=O)CCCC(=O)Nc1ccc(C(=O)O)c(Cl)c1. The monoisotopic (exact) mass is 326 g/mol. The highest BCUT2D eigenvalue weighted by Crippen LogP contribution is 2.21. The summed E-state index contributed by atoms with van der Waals surface area (Å²) in [7, 11) is 0. The number of benzene rings is 1. The highest BCUT2D eigenvalue weighted by atomic mass is 35.5. The molecule has 0 aliphatic carbocycles. The maximum Gasteiger partial charge on any atom is 0.337 e. The number of nitrogens with one attached hydrogen (secondary N) is 2. The van der Waals surface area contributed by atoms with Crippen LogP contribution in [-0.4, -0.2) is 28.9 Å². The van der Waals surface area contributed by atoms with Crippen LogP contribution >= 0.6 is 11.6 Å². The predicted octanol–water partition coefficient (Wildman–Crippen LogP) is 2.67. The number of carbonyl (C=O) groups excluding carboxylic acids is 2. The molecule has 0 radical (unpaired) electrons. The van der Waals surface area contributed by atoms with E-state index in [1.165, 1.54) is 18.2 Å². The molecule has 0 atom stereocenters. The molecule has 1 rings (SSSR count). The smallest absolute Gasteiger partial charge is 0.337 e. The Morgan fingerprint density at radius 3 is 2.36 bits per heavy atom. The average Bonchev–Trinajstić information content (AvgIpc) is 2.37. The van der Waals surface area contributed by atoms with Crippen molar-refractivity contribution < 1.29 is 19.5 Å². The van der Waals surface area contributed by atoms with Gasteiger partial charge in [0.05, 0.1) is 10.6 Å². The number of amides is 2. The lowest BCUT2D eigenvalue weighted by atomic mass is 10.2. The fourth-order valence-corrected chi connectivity index (χ4v) is 2.05. The molecule has 22 heavy (non-hydrogen) atoms. The second-order valence-electron chi connectivity index (χ2n) is 5.12. The summed E-state index contributed by atoms with van der Waals surface area (Å²) in [5.41, 5.74) is 0.400. The molecule has 0 heterocycles. The van der Waals surface area contributed by atoms with Crippen LogP contribution in [0.5, 0.6) is 0 Å². The Labute approximate surface area is 133 Å². The van der Waals surface area contributed by atoms with E-state index in [-0.39, 0.29) is 41.3 Å². The molecule has 120 valence electrons. The van der Waals surface area contributed by atoms with Crippen molar-refractivity contribution in [1.82, 2.24) is 5.32 Å². The Hall–Kier alpha value is -2.08. The van der Waals surface area contributed by atoms with Crippen LogP contribution in [0.15, 0.2) is 18.2 Å². The molecule has 1 aromatic carbocycles. The summed E-state index contributed by atoms with van der Waals surface area (Å²) in [6.07, 6.45) is 0.916. The van der Waals surface area contributed by atoms with Gasteiger partial charge in [0.1, 0.15) is 0 Å². The first-order valence-corrected chi connectivity index (χ1v) is 7.29. The maximum atomic E-state index is 11.7. The van der Waals surface area contributed by atoms with Crippen LogP contribution in [0.2, 0.25) is 5.02 Å². The highest BCUT2D eigenvalue weighted by molar-refractivity contribution is 6.33. The summed E-state index contributed by atoms with van der Waals surface area (Å²) >= 11 is 5.82. The number of hydrogen-bond donors (Lipinski definition) is 3. The average molecular weight is 327 g/mol. The molecule has 0 aromatic heterocycles. The molecular weight excluding hydrogens is 308 g/mol. The molecule has 3 N–H and O–H groups in total. The van der Waals surface area contributed by atoms with E-state index in [2.05, 4.69) is 10.6 Å². The van der Waals surface area contributed by atoms with E-state index in [9.17, 15) is 14.4 Å². The number of carbonyl (C=O) groups is 3. The molecule has 0 saturated heterocycles. The van der Waals surface area contributed by atoms with Gasteiger partial charge in [0.15, 0.2) is 0 Å². The summed E-state index contributed by atoms with van der Waals surface area (Å²) in [5, 5.41) is 14.3. The van der Waals surface area contributed by atoms with Gasteiger partial charge in [-0.3, -0.25) is 9.59 Å². The van der Waals surface area contributed by atoms with E-state index in [0.29, 0.717) is 12.1 Å². The number of rotatable bonds is 7. The van der Waals surface area contributed by atoms with Crippen molar-refractivity contribution in [2.45, 2.75) is 39.2 Å². The van der Waals surface area contributed by atoms with E-state index in [4.69, 9.17) is 16.7 Å². The van der Waals surface area contributed by atoms with E-state index < -0.39 is 5.97 Å². The fraction of sp³-hybridized carbons (Fsp3) is 0.400.